The van der Waals surface area contributed by atoms with Crippen molar-refractivity contribution in [1.82, 2.24) is 5.32 Å². The molecule has 2 amide bonds. The summed E-state index contributed by atoms with van der Waals surface area (Å²) in [6, 6.07) is 15.1. The van der Waals surface area contributed by atoms with Crippen LogP contribution in [0.15, 0.2) is 48.5 Å². The van der Waals surface area contributed by atoms with E-state index in [-0.39, 0.29) is 11.9 Å². The van der Waals surface area contributed by atoms with Gasteiger partial charge < -0.3 is 20.5 Å². The molecule has 0 spiro atoms. The standard InChI is InChI=1S/C20H26N2O3/c1-14-11-18(25-3)9-10-19(14)22-20(24)21-13-17(12-15(2)23)16-7-5-4-6-8-16/h4-11,15,17,23H,12-13H2,1-3H3,(H2,21,22,24). The fourth-order valence-corrected chi connectivity index (χ4v) is 2.76. The number of aliphatic hydroxyl groups excluding tert-OH is 1. The lowest BCUT2D eigenvalue weighted by Crippen LogP contribution is -2.33. The number of rotatable bonds is 7. The van der Waals surface area contributed by atoms with Crippen molar-refractivity contribution in [2.45, 2.75) is 32.3 Å². The number of urea groups is 1. The number of nitrogens with one attached hydrogen (secondary N) is 2. The number of hydrogen-bond acceptors (Lipinski definition) is 3. The van der Waals surface area contributed by atoms with Gasteiger partial charge in [-0.05, 0) is 49.6 Å². The lowest BCUT2D eigenvalue weighted by atomic mass is 9.93. The Morgan fingerprint density at radius 2 is 1.92 bits per heavy atom. The van der Waals surface area contributed by atoms with Gasteiger partial charge in [-0.1, -0.05) is 30.3 Å². The van der Waals surface area contributed by atoms with Gasteiger partial charge in [0.05, 0.1) is 13.2 Å². The largest absolute Gasteiger partial charge is 0.497 e. The fourth-order valence-electron chi connectivity index (χ4n) is 2.76. The Hall–Kier alpha value is -2.53. The molecule has 0 saturated heterocycles. The van der Waals surface area contributed by atoms with Gasteiger partial charge in [0, 0.05) is 18.2 Å². The quantitative estimate of drug-likeness (QED) is 0.719. The number of benzene rings is 2. The molecular weight excluding hydrogens is 316 g/mol. The van der Waals surface area contributed by atoms with Gasteiger partial charge in [-0.3, -0.25) is 0 Å². The molecule has 0 fully saturated rings. The Labute approximate surface area is 149 Å². The molecule has 3 N–H and O–H groups in total. The maximum atomic E-state index is 12.2. The maximum absolute atomic E-state index is 12.2. The maximum Gasteiger partial charge on any atom is 0.319 e. The third-order valence-electron chi connectivity index (χ3n) is 4.09. The number of ether oxygens (including phenoxy) is 1. The molecule has 5 heteroatoms. The van der Waals surface area contributed by atoms with Crippen molar-refractivity contribution in [1.29, 1.82) is 0 Å². The summed E-state index contributed by atoms with van der Waals surface area (Å²) in [4.78, 5) is 12.2. The summed E-state index contributed by atoms with van der Waals surface area (Å²) in [6.45, 7) is 4.13. The first-order valence-corrected chi connectivity index (χ1v) is 8.42. The van der Waals surface area contributed by atoms with E-state index in [0.717, 1.165) is 22.6 Å². The summed E-state index contributed by atoms with van der Waals surface area (Å²) >= 11 is 0. The van der Waals surface area contributed by atoms with Crippen molar-refractivity contribution in [3.63, 3.8) is 0 Å². The zero-order valence-corrected chi connectivity index (χ0v) is 15.0. The predicted octanol–water partition coefficient (Wildman–Crippen LogP) is 3.68. The highest BCUT2D eigenvalue weighted by molar-refractivity contribution is 5.90. The molecule has 0 aliphatic carbocycles. The van der Waals surface area contributed by atoms with E-state index in [1.807, 2.05) is 55.5 Å². The number of anilines is 1. The third-order valence-corrected chi connectivity index (χ3v) is 4.09. The summed E-state index contributed by atoms with van der Waals surface area (Å²) in [5.74, 6) is 0.813. The average Bonchev–Trinajstić information content (AvgIpc) is 2.60. The van der Waals surface area contributed by atoms with Crippen LogP contribution in [-0.2, 0) is 0 Å². The van der Waals surface area contributed by atoms with Gasteiger partial charge in [-0.25, -0.2) is 4.79 Å². The third kappa shape index (κ3) is 5.80. The molecule has 0 aliphatic rings. The van der Waals surface area contributed by atoms with Gasteiger partial charge in [0.25, 0.3) is 0 Å². The number of aliphatic hydroxyl groups is 1. The minimum Gasteiger partial charge on any atom is -0.497 e. The average molecular weight is 342 g/mol. The lowest BCUT2D eigenvalue weighted by Gasteiger charge is -2.20. The second kappa shape index (κ2) is 9.08. The Morgan fingerprint density at radius 3 is 2.52 bits per heavy atom. The Kier molecular flexibility index (Phi) is 6.83. The van der Waals surface area contributed by atoms with E-state index in [1.54, 1.807) is 14.0 Å². The molecule has 0 aromatic heterocycles. The summed E-state index contributed by atoms with van der Waals surface area (Å²) in [6.07, 6.45) is 0.158. The van der Waals surface area contributed by atoms with Crippen LogP contribution in [0.5, 0.6) is 5.75 Å². The van der Waals surface area contributed by atoms with Crippen molar-refractivity contribution in [3.05, 3.63) is 59.7 Å². The van der Waals surface area contributed by atoms with Crippen LogP contribution in [0.2, 0.25) is 0 Å². The van der Waals surface area contributed by atoms with Gasteiger partial charge in [0.2, 0.25) is 0 Å². The number of aryl methyl sites for hydroxylation is 1. The number of methoxy groups -OCH3 is 1. The van der Waals surface area contributed by atoms with Crippen LogP contribution < -0.4 is 15.4 Å². The minimum absolute atomic E-state index is 0.0592. The predicted molar refractivity (Wildman–Crippen MR) is 100 cm³/mol. The molecule has 2 unspecified atom stereocenters. The smallest absolute Gasteiger partial charge is 0.319 e. The molecule has 2 aromatic carbocycles. The van der Waals surface area contributed by atoms with E-state index in [4.69, 9.17) is 4.74 Å². The lowest BCUT2D eigenvalue weighted by molar-refractivity contribution is 0.173. The van der Waals surface area contributed by atoms with Crippen molar-refractivity contribution in [2.75, 3.05) is 19.0 Å². The minimum atomic E-state index is -0.432. The number of carbonyl (C=O) groups excluding carboxylic acids is 1. The number of amides is 2. The molecular formula is C20H26N2O3. The van der Waals surface area contributed by atoms with Crippen LogP contribution in [0.3, 0.4) is 0 Å². The normalized spacial score (nSPS) is 13.0. The first kappa shape index (κ1) is 18.8. The van der Waals surface area contributed by atoms with Gasteiger partial charge in [-0.2, -0.15) is 0 Å². The molecule has 0 saturated carbocycles. The molecule has 0 bridgehead atoms. The Morgan fingerprint density at radius 1 is 1.20 bits per heavy atom. The van der Waals surface area contributed by atoms with E-state index >= 15 is 0 Å². The van der Waals surface area contributed by atoms with Crippen LogP contribution in [0.25, 0.3) is 0 Å². The van der Waals surface area contributed by atoms with E-state index in [0.29, 0.717) is 13.0 Å². The van der Waals surface area contributed by atoms with Crippen LogP contribution in [0.1, 0.15) is 30.4 Å². The molecule has 2 rings (SSSR count). The second-order valence-electron chi connectivity index (χ2n) is 6.21. The second-order valence-corrected chi connectivity index (χ2v) is 6.21. The van der Waals surface area contributed by atoms with Crippen molar-refractivity contribution < 1.29 is 14.6 Å². The van der Waals surface area contributed by atoms with Gasteiger partial charge >= 0.3 is 6.03 Å². The Bertz CT molecular complexity index is 687. The molecule has 134 valence electrons. The molecule has 2 atom stereocenters. The molecule has 5 nitrogen and oxygen atoms in total. The SMILES string of the molecule is COc1ccc(NC(=O)NCC(CC(C)O)c2ccccc2)c(C)c1. The topological polar surface area (TPSA) is 70.6 Å². The van der Waals surface area contributed by atoms with Crippen molar-refractivity contribution in [3.8, 4) is 5.75 Å². The van der Waals surface area contributed by atoms with Crippen LogP contribution in [0, 0.1) is 6.92 Å². The zero-order valence-electron chi connectivity index (χ0n) is 15.0. The summed E-state index contributed by atoms with van der Waals surface area (Å²) in [5.41, 5.74) is 2.77. The highest BCUT2D eigenvalue weighted by Gasteiger charge is 2.15. The Balaban J connectivity index is 1.96. The van der Waals surface area contributed by atoms with E-state index in [9.17, 15) is 9.90 Å². The van der Waals surface area contributed by atoms with Gasteiger partial charge in [-0.15, -0.1) is 0 Å². The van der Waals surface area contributed by atoms with Crippen LogP contribution >= 0.6 is 0 Å². The fraction of sp³-hybridized carbons (Fsp3) is 0.350. The molecule has 0 radical (unpaired) electrons. The van der Waals surface area contributed by atoms with E-state index in [1.165, 1.54) is 0 Å². The summed E-state index contributed by atoms with van der Waals surface area (Å²) < 4.78 is 5.17. The van der Waals surface area contributed by atoms with Gasteiger partial charge in [0.1, 0.15) is 5.75 Å². The molecule has 25 heavy (non-hydrogen) atoms. The van der Waals surface area contributed by atoms with Crippen molar-refractivity contribution in [2.24, 2.45) is 0 Å². The van der Waals surface area contributed by atoms with Crippen molar-refractivity contribution >= 4 is 11.7 Å². The van der Waals surface area contributed by atoms with Gasteiger partial charge in [0.15, 0.2) is 0 Å². The van der Waals surface area contributed by atoms with Crippen LogP contribution in [-0.4, -0.2) is 30.9 Å². The highest BCUT2D eigenvalue weighted by Crippen LogP contribution is 2.22. The number of carbonyl (C=O) groups is 1. The zero-order chi connectivity index (χ0) is 18.2. The number of hydrogen-bond donors (Lipinski definition) is 3. The molecule has 0 heterocycles. The highest BCUT2D eigenvalue weighted by atomic mass is 16.5. The van der Waals surface area contributed by atoms with Crippen LogP contribution in [0.4, 0.5) is 10.5 Å². The first-order chi connectivity index (χ1) is 12.0. The molecule has 2 aromatic rings. The molecule has 0 aliphatic heterocycles. The summed E-state index contributed by atoms with van der Waals surface area (Å²) in [5, 5.41) is 15.5. The monoisotopic (exact) mass is 342 g/mol. The summed E-state index contributed by atoms with van der Waals surface area (Å²) in [7, 11) is 1.61. The van der Waals surface area contributed by atoms with E-state index < -0.39 is 6.10 Å². The van der Waals surface area contributed by atoms with E-state index in [2.05, 4.69) is 10.6 Å². The first-order valence-electron chi connectivity index (χ1n) is 8.42.